The predicted octanol–water partition coefficient (Wildman–Crippen LogP) is 4.18. The van der Waals surface area contributed by atoms with Gasteiger partial charge in [-0.1, -0.05) is 26.2 Å². The molecule has 16 heavy (non-hydrogen) atoms. The first-order valence-electron chi connectivity index (χ1n) is 5.73. The summed E-state index contributed by atoms with van der Waals surface area (Å²) in [5.41, 5.74) is 7.09. The predicted molar refractivity (Wildman–Crippen MR) is 71.6 cm³/mol. The Morgan fingerprint density at radius 2 is 2.06 bits per heavy atom. The van der Waals surface area contributed by atoms with Crippen LogP contribution in [0.1, 0.15) is 49.4 Å². The molecule has 0 fully saturated rings. The van der Waals surface area contributed by atoms with Crippen LogP contribution in [0.4, 0.5) is 5.69 Å². The van der Waals surface area contributed by atoms with Gasteiger partial charge in [0.15, 0.2) is 5.78 Å². The summed E-state index contributed by atoms with van der Waals surface area (Å²) >= 11 is 3.33. The van der Waals surface area contributed by atoms with Crippen molar-refractivity contribution in [3.63, 3.8) is 0 Å². The molecule has 0 unspecified atom stereocenters. The minimum Gasteiger partial charge on any atom is -0.398 e. The molecule has 0 saturated carbocycles. The third kappa shape index (κ3) is 3.97. The third-order valence-corrected chi connectivity index (χ3v) is 3.27. The third-order valence-electron chi connectivity index (χ3n) is 2.58. The van der Waals surface area contributed by atoms with Crippen LogP contribution in [-0.4, -0.2) is 5.78 Å². The number of Topliss-reactive ketones (excluding diaryl/α,β-unsaturated/α-hetero) is 1. The molecule has 0 aliphatic heterocycles. The molecule has 0 aliphatic carbocycles. The van der Waals surface area contributed by atoms with Crippen LogP contribution in [0.15, 0.2) is 22.7 Å². The van der Waals surface area contributed by atoms with Crippen molar-refractivity contribution < 1.29 is 4.79 Å². The molecule has 0 spiro atoms. The van der Waals surface area contributed by atoms with E-state index < -0.39 is 0 Å². The summed E-state index contributed by atoms with van der Waals surface area (Å²) in [6, 6.07) is 5.36. The Morgan fingerprint density at radius 1 is 1.31 bits per heavy atom. The lowest BCUT2D eigenvalue weighted by Gasteiger charge is -2.03. The van der Waals surface area contributed by atoms with E-state index in [2.05, 4.69) is 22.9 Å². The van der Waals surface area contributed by atoms with Gasteiger partial charge in [0.2, 0.25) is 0 Å². The molecular weight excluding hydrogens is 266 g/mol. The van der Waals surface area contributed by atoms with E-state index in [1.807, 2.05) is 0 Å². The highest BCUT2D eigenvalue weighted by Gasteiger charge is 2.06. The number of benzene rings is 1. The molecule has 3 heteroatoms. The van der Waals surface area contributed by atoms with Crippen molar-refractivity contribution in [2.75, 3.05) is 5.73 Å². The standard InChI is InChI=1S/C13H18BrNO/c1-2-3-4-5-6-13(16)10-7-8-12(15)11(14)9-10/h7-9H,2-6,15H2,1H3. The highest BCUT2D eigenvalue weighted by atomic mass is 79.9. The number of nitrogens with two attached hydrogens (primary N) is 1. The minimum absolute atomic E-state index is 0.205. The van der Waals surface area contributed by atoms with Gasteiger partial charge in [-0.25, -0.2) is 0 Å². The zero-order chi connectivity index (χ0) is 12.0. The highest BCUT2D eigenvalue weighted by Crippen LogP contribution is 2.21. The van der Waals surface area contributed by atoms with E-state index in [9.17, 15) is 4.79 Å². The fourth-order valence-electron chi connectivity index (χ4n) is 1.56. The zero-order valence-electron chi connectivity index (χ0n) is 9.63. The second kappa shape index (κ2) is 6.69. The Hall–Kier alpha value is -0.830. The van der Waals surface area contributed by atoms with E-state index in [0.29, 0.717) is 12.1 Å². The van der Waals surface area contributed by atoms with Gasteiger partial charge in [0.25, 0.3) is 0 Å². The minimum atomic E-state index is 0.205. The number of unbranched alkanes of at least 4 members (excludes halogenated alkanes) is 3. The zero-order valence-corrected chi connectivity index (χ0v) is 11.2. The fourth-order valence-corrected chi connectivity index (χ4v) is 1.94. The molecule has 2 N–H and O–H groups in total. The quantitative estimate of drug-likeness (QED) is 0.483. The molecule has 88 valence electrons. The normalized spacial score (nSPS) is 10.4. The summed E-state index contributed by atoms with van der Waals surface area (Å²) < 4.78 is 0.798. The Labute approximate surface area is 105 Å². The Morgan fingerprint density at radius 3 is 2.69 bits per heavy atom. The number of carbonyl (C=O) groups excluding carboxylic acids is 1. The Kier molecular flexibility index (Phi) is 5.53. The summed E-state index contributed by atoms with van der Waals surface area (Å²) in [6.07, 6.45) is 5.16. The summed E-state index contributed by atoms with van der Waals surface area (Å²) in [4.78, 5) is 11.8. The lowest BCUT2D eigenvalue weighted by atomic mass is 10.0. The average Bonchev–Trinajstić information content (AvgIpc) is 2.28. The van der Waals surface area contributed by atoms with Crippen LogP contribution < -0.4 is 5.73 Å². The van der Waals surface area contributed by atoms with Crippen LogP contribution in [-0.2, 0) is 0 Å². The van der Waals surface area contributed by atoms with Gasteiger partial charge in [-0.3, -0.25) is 4.79 Å². The average molecular weight is 284 g/mol. The van der Waals surface area contributed by atoms with Crippen molar-refractivity contribution in [3.05, 3.63) is 28.2 Å². The molecule has 1 aromatic rings. The monoisotopic (exact) mass is 283 g/mol. The van der Waals surface area contributed by atoms with Crippen molar-refractivity contribution >= 4 is 27.4 Å². The molecule has 0 saturated heterocycles. The van der Waals surface area contributed by atoms with Gasteiger partial charge in [-0.05, 0) is 40.5 Å². The van der Waals surface area contributed by atoms with E-state index >= 15 is 0 Å². The Balaban J connectivity index is 2.50. The SMILES string of the molecule is CCCCCCC(=O)c1ccc(N)c(Br)c1. The maximum absolute atomic E-state index is 11.8. The van der Waals surface area contributed by atoms with Gasteiger partial charge in [0.1, 0.15) is 0 Å². The van der Waals surface area contributed by atoms with Crippen LogP contribution in [0.2, 0.25) is 0 Å². The van der Waals surface area contributed by atoms with E-state index in [4.69, 9.17) is 5.73 Å². The second-order valence-electron chi connectivity index (χ2n) is 3.97. The molecule has 2 nitrogen and oxygen atoms in total. The smallest absolute Gasteiger partial charge is 0.162 e. The van der Waals surface area contributed by atoms with Gasteiger partial charge in [0, 0.05) is 22.1 Å². The number of nitrogen functional groups attached to an aromatic ring is 1. The van der Waals surface area contributed by atoms with E-state index in [1.165, 1.54) is 12.8 Å². The van der Waals surface area contributed by atoms with E-state index in [1.54, 1.807) is 18.2 Å². The van der Waals surface area contributed by atoms with Crippen molar-refractivity contribution in [2.24, 2.45) is 0 Å². The number of ketones is 1. The van der Waals surface area contributed by atoms with Crippen LogP contribution >= 0.6 is 15.9 Å². The molecular formula is C13H18BrNO. The number of carbonyl (C=O) groups is 1. The maximum Gasteiger partial charge on any atom is 0.162 e. The van der Waals surface area contributed by atoms with E-state index in [-0.39, 0.29) is 5.78 Å². The largest absolute Gasteiger partial charge is 0.398 e. The second-order valence-corrected chi connectivity index (χ2v) is 4.82. The van der Waals surface area contributed by atoms with Gasteiger partial charge >= 0.3 is 0 Å². The van der Waals surface area contributed by atoms with Crippen LogP contribution in [0, 0.1) is 0 Å². The molecule has 0 aromatic heterocycles. The van der Waals surface area contributed by atoms with Crippen molar-refractivity contribution in [1.82, 2.24) is 0 Å². The first-order valence-corrected chi connectivity index (χ1v) is 6.52. The maximum atomic E-state index is 11.8. The molecule has 0 aliphatic rings. The number of halogens is 1. The van der Waals surface area contributed by atoms with Gasteiger partial charge in [0.05, 0.1) is 0 Å². The molecule has 0 atom stereocenters. The van der Waals surface area contributed by atoms with Gasteiger partial charge in [-0.15, -0.1) is 0 Å². The lowest BCUT2D eigenvalue weighted by molar-refractivity contribution is 0.0979. The molecule has 0 radical (unpaired) electrons. The molecule has 0 bridgehead atoms. The van der Waals surface area contributed by atoms with Crippen LogP contribution in [0.5, 0.6) is 0 Å². The van der Waals surface area contributed by atoms with Gasteiger partial charge < -0.3 is 5.73 Å². The first-order chi connectivity index (χ1) is 7.65. The number of rotatable bonds is 6. The van der Waals surface area contributed by atoms with Crippen molar-refractivity contribution in [3.8, 4) is 0 Å². The summed E-state index contributed by atoms with van der Waals surface area (Å²) in [7, 11) is 0. The highest BCUT2D eigenvalue weighted by molar-refractivity contribution is 9.10. The molecule has 0 amide bonds. The number of hydrogen-bond donors (Lipinski definition) is 1. The van der Waals surface area contributed by atoms with E-state index in [0.717, 1.165) is 22.9 Å². The topological polar surface area (TPSA) is 43.1 Å². The summed E-state index contributed by atoms with van der Waals surface area (Å²) in [6.45, 7) is 2.17. The number of hydrogen-bond acceptors (Lipinski definition) is 2. The Bertz CT molecular complexity index is 363. The fraction of sp³-hybridized carbons (Fsp3) is 0.462. The molecule has 1 aromatic carbocycles. The first kappa shape index (κ1) is 13.2. The van der Waals surface area contributed by atoms with Gasteiger partial charge in [-0.2, -0.15) is 0 Å². The van der Waals surface area contributed by atoms with Crippen molar-refractivity contribution in [1.29, 1.82) is 0 Å². The van der Waals surface area contributed by atoms with Crippen molar-refractivity contribution in [2.45, 2.75) is 39.0 Å². The van der Waals surface area contributed by atoms with Crippen LogP contribution in [0.25, 0.3) is 0 Å². The van der Waals surface area contributed by atoms with Crippen LogP contribution in [0.3, 0.4) is 0 Å². The molecule has 0 heterocycles. The summed E-state index contributed by atoms with van der Waals surface area (Å²) in [5.74, 6) is 0.205. The molecule has 1 rings (SSSR count). The number of anilines is 1. The lowest BCUT2D eigenvalue weighted by Crippen LogP contribution is -2.00. The summed E-state index contributed by atoms with van der Waals surface area (Å²) in [5, 5.41) is 0.